The molecule has 0 aliphatic rings. The smallest absolute Gasteiger partial charge is 0.425 e. The molecule has 0 aliphatic carbocycles. The summed E-state index contributed by atoms with van der Waals surface area (Å²) in [6.45, 7) is 1.65. The lowest BCUT2D eigenvalue weighted by Gasteiger charge is -2.21. The number of ether oxygens (including phenoxy) is 1. The van der Waals surface area contributed by atoms with Crippen molar-refractivity contribution in [2.45, 2.75) is 32.0 Å². The van der Waals surface area contributed by atoms with Crippen molar-refractivity contribution in [1.82, 2.24) is 0 Å². The normalized spacial score (nSPS) is 13.4. The van der Waals surface area contributed by atoms with Crippen LogP contribution in [0, 0.1) is 0 Å². The second-order valence-corrected chi connectivity index (χ2v) is 4.18. The van der Waals surface area contributed by atoms with E-state index in [0.29, 0.717) is 12.0 Å². The Labute approximate surface area is 114 Å². The fourth-order valence-electron chi connectivity index (χ4n) is 1.54. The highest BCUT2D eigenvalue weighted by Gasteiger charge is 2.40. The van der Waals surface area contributed by atoms with E-state index < -0.39 is 18.2 Å². The molecule has 1 aromatic carbocycles. The Hall–Kier alpha value is -1.98. The second-order valence-electron chi connectivity index (χ2n) is 4.18. The molecule has 0 amide bonds. The number of carbonyl (C=O) groups is 1. The first-order chi connectivity index (χ1) is 9.32. The summed E-state index contributed by atoms with van der Waals surface area (Å²) in [5.41, 5.74) is 0.568. The lowest BCUT2D eigenvalue weighted by Crippen LogP contribution is -2.34. The van der Waals surface area contributed by atoms with Crippen molar-refractivity contribution in [3.8, 4) is 5.75 Å². The van der Waals surface area contributed by atoms with Crippen LogP contribution in [0.3, 0.4) is 0 Å². The summed E-state index contributed by atoms with van der Waals surface area (Å²) >= 11 is 0. The number of halogens is 3. The zero-order chi connectivity index (χ0) is 15.2. The zero-order valence-electron chi connectivity index (χ0n) is 10.9. The molecule has 1 aromatic rings. The number of benzene rings is 1. The Morgan fingerprint density at radius 1 is 1.35 bits per heavy atom. The quantitative estimate of drug-likeness (QED) is 0.808. The maximum absolute atomic E-state index is 12.7. The highest BCUT2D eigenvalue weighted by atomic mass is 19.4. The SMILES string of the molecule is CCCC(Oc1ccc(/C=C/C(=O)O)cc1)C(F)(F)F. The maximum atomic E-state index is 12.7. The first-order valence-corrected chi connectivity index (χ1v) is 6.07. The van der Waals surface area contributed by atoms with E-state index in [9.17, 15) is 18.0 Å². The van der Waals surface area contributed by atoms with Crippen LogP contribution in [-0.2, 0) is 4.79 Å². The number of hydrogen-bond donors (Lipinski definition) is 1. The first kappa shape index (κ1) is 16.1. The molecule has 6 heteroatoms. The Morgan fingerprint density at radius 2 is 1.95 bits per heavy atom. The third-order valence-electron chi connectivity index (χ3n) is 2.49. The van der Waals surface area contributed by atoms with Crippen LogP contribution in [-0.4, -0.2) is 23.4 Å². The molecule has 0 fully saturated rings. The molecular formula is C14H15F3O3. The minimum atomic E-state index is -4.40. The van der Waals surface area contributed by atoms with E-state index in [-0.39, 0.29) is 12.2 Å². The number of rotatable bonds is 6. The molecule has 3 nitrogen and oxygen atoms in total. The zero-order valence-corrected chi connectivity index (χ0v) is 10.9. The molecule has 0 heterocycles. The molecule has 0 bridgehead atoms. The Morgan fingerprint density at radius 3 is 2.40 bits per heavy atom. The van der Waals surface area contributed by atoms with Gasteiger partial charge >= 0.3 is 12.1 Å². The van der Waals surface area contributed by atoms with Gasteiger partial charge in [-0.15, -0.1) is 0 Å². The lowest BCUT2D eigenvalue weighted by atomic mass is 10.2. The largest absolute Gasteiger partial charge is 0.481 e. The van der Waals surface area contributed by atoms with Crippen LogP contribution in [0.2, 0.25) is 0 Å². The van der Waals surface area contributed by atoms with E-state index in [1.165, 1.54) is 30.3 Å². The molecule has 1 unspecified atom stereocenters. The predicted molar refractivity (Wildman–Crippen MR) is 68.5 cm³/mol. The number of carboxylic acid groups (broad SMARTS) is 1. The van der Waals surface area contributed by atoms with Crippen LogP contribution in [0.4, 0.5) is 13.2 Å². The molecule has 1 atom stereocenters. The van der Waals surface area contributed by atoms with Gasteiger partial charge in [-0.2, -0.15) is 13.2 Å². The fourth-order valence-corrected chi connectivity index (χ4v) is 1.54. The monoisotopic (exact) mass is 288 g/mol. The van der Waals surface area contributed by atoms with Crippen LogP contribution in [0.1, 0.15) is 25.3 Å². The topological polar surface area (TPSA) is 46.5 Å². The first-order valence-electron chi connectivity index (χ1n) is 6.07. The molecule has 1 N–H and O–H groups in total. The van der Waals surface area contributed by atoms with Gasteiger partial charge in [0.2, 0.25) is 0 Å². The average Bonchev–Trinajstić information content (AvgIpc) is 2.36. The van der Waals surface area contributed by atoms with Crippen molar-refractivity contribution >= 4 is 12.0 Å². The van der Waals surface area contributed by atoms with Gasteiger partial charge in [-0.3, -0.25) is 0 Å². The minimum absolute atomic E-state index is 0.105. The predicted octanol–water partition coefficient (Wildman–Crippen LogP) is 3.89. The van der Waals surface area contributed by atoms with Crippen molar-refractivity contribution in [2.24, 2.45) is 0 Å². The summed E-state index contributed by atoms with van der Waals surface area (Å²) in [6.07, 6.45) is -3.68. The molecule has 1 rings (SSSR count). The molecule has 0 spiro atoms. The van der Waals surface area contributed by atoms with Crippen molar-refractivity contribution in [2.75, 3.05) is 0 Å². The highest BCUT2D eigenvalue weighted by molar-refractivity contribution is 5.85. The van der Waals surface area contributed by atoms with Crippen LogP contribution < -0.4 is 4.74 Å². The summed E-state index contributed by atoms with van der Waals surface area (Å²) in [7, 11) is 0. The molecule has 0 aromatic heterocycles. The van der Waals surface area contributed by atoms with Gasteiger partial charge in [0.15, 0.2) is 6.10 Å². The lowest BCUT2D eigenvalue weighted by molar-refractivity contribution is -0.196. The van der Waals surface area contributed by atoms with Gasteiger partial charge in [0.25, 0.3) is 0 Å². The Balaban J connectivity index is 2.75. The number of hydrogen-bond acceptors (Lipinski definition) is 2. The van der Waals surface area contributed by atoms with Crippen molar-refractivity contribution in [3.63, 3.8) is 0 Å². The van der Waals surface area contributed by atoms with Crippen LogP contribution in [0.5, 0.6) is 5.75 Å². The van der Waals surface area contributed by atoms with E-state index in [1.807, 2.05) is 0 Å². The molecule has 20 heavy (non-hydrogen) atoms. The number of alkyl halides is 3. The standard InChI is InChI=1S/C14H15F3O3/c1-2-3-12(14(15,16)17)20-11-7-4-10(5-8-11)6-9-13(18)19/h4-9,12H,2-3H2,1H3,(H,18,19)/b9-6+. The van der Waals surface area contributed by atoms with Crippen molar-refractivity contribution < 1.29 is 27.8 Å². The third-order valence-corrected chi connectivity index (χ3v) is 2.49. The highest BCUT2D eigenvalue weighted by Crippen LogP contribution is 2.28. The third kappa shape index (κ3) is 5.34. The van der Waals surface area contributed by atoms with Gasteiger partial charge in [-0.1, -0.05) is 25.5 Å². The van der Waals surface area contributed by atoms with E-state index in [2.05, 4.69) is 0 Å². The Bertz CT molecular complexity index is 464. The maximum Gasteiger partial charge on any atom is 0.425 e. The minimum Gasteiger partial charge on any atom is -0.481 e. The molecule has 0 aliphatic heterocycles. The molecule has 0 radical (unpaired) electrons. The summed E-state index contributed by atoms with van der Waals surface area (Å²) in [4.78, 5) is 10.3. The van der Waals surface area contributed by atoms with Gasteiger partial charge in [-0.25, -0.2) is 4.79 Å². The summed E-state index contributed by atoms with van der Waals surface area (Å²) in [5, 5.41) is 8.46. The van der Waals surface area contributed by atoms with Crippen molar-refractivity contribution in [3.05, 3.63) is 35.9 Å². The fraction of sp³-hybridized carbons (Fsp3) is 0.357. The average molecular weight is 288 g/mol. The van der Waals surface area contributed by atoms with Gasteiger partial charge in [0.05, 0.1) is 0 Å². The van der Waals surface area contributed by atoms with Crippen LogP contribution >= 0.6 is 0 Å². The van der Waals surface area contributed by atoms with E-state index in [0.717, 1.165) is 6.08 Å². The summed E-state index contributed by atoms with van der Waals surface area (Å²) < 4.78 is 43.0. The Kier molecular flexibility index (Phi) is 5.61. The summed E-state index contributed by atoms with van der Waals surface area (Å²) in [5.74, 6) is -0.987. The van der Waals surface area contributed by atoms with Crippen molar-refractivity contribution in [1.29, 1.82) is 0 Å². The van der Waals surface area contributed by atoms with E-state index in [1.54, 1.807) is 6.92 Å². The van der Waals surface area contributed by atoms with E-state index in [4.69, 9.17) is 9.84 Å². The van der Waals surface area contributed by atoms with Gasteiger partial charge in [0, 0.05) is 6.08 Å². The van der Waals surface area contributed by atoms with Gasteiger partial charge in [-0.05, 0) is 30.2 Å². The molecule has 0 saturated carbocycles. The van der Waals surface area contributed by atoms with Gasteiger partial charge in [0.1, 0.15) is 5.75 Å². The van der Waals surface area contributed by atoms with Crippen LogP contribution in [0.15, 0.2) is 30.3 Å². The van der Waals surface area contributed by atoms with Crippen LogP contribution in [0.25, 0.3) is 6.08 Å². The van der Waals surface area contributed by atoms with E-state index >= 15 is 0 Å². The summed E-state index contributed by atoms with van der Waals surface area (Å²) in [6, 6.07) is 5.76. The second kappa shape index (κ2) is 6.98. The molecule has 0 saturated heterocycles. The molecule has 110 valence electrons. The number of aliphatic carboxylic acids is 1. The molecular weight excluding hydrogens is 273 g/mol. The van der Waals surface area contributed by atoms with Gasteiger partial charge < -0.3 is 9.84 Å². The number of carboxylic acids is 1.